The normalized spacial score (nSPS) is 17.5. The van der Waals surface area contributed by atoms with Crippen LogP contribution < -0.4 is 5.32 Å². The van der Waals surface area contributed by atoms with Gasteiger partial charge in [0.25, 0.3) is 0 Å². The maximum absolute atomic E-state index is 12.2. The molecule has 31 heavy (non-hydrogen) atoms. The Balaban J connectivity index is 2.01. The topological polar surface area (TPSA) is 66.4 Å². The summed E-state index contributed by atoms with van der Waals surface area (Å²) < 4.78 is 0. The average Bonchev–Trinajstić information content (AvgIpc) is 2.67. The highest BCUT2D eigenvalue weighted by Crippen LogP contribution is 2.40. The van der Waals surface area contributed by atoms with Gasteiger partial charge in [-0.25, -0.2) is 4.79 Å². The van der Waals surface area contributed by atoms with E-state index in [-0.39, 0.29) is 22.6 Å². The molecule has 1 aliphatic carbocycles. The predicted molar refractivity (Wildman–Crippen MR) is 128 cm³/mol. The zero-order valence-electron chi connectivity index (χ0n) is 19.2. The average molecular weight is 420 g/mol. The Morgan fingerprint density at radius 1 is 1.10 bits per heavy atom. The van der Waals surface area contributed by atoms with Crippen LogP contribution in [0.5, 0.6) is 0 Å². The minimum atomic E-state index is -1.08. The van der Waals surface area contributed by atoms with Crippen LogP contribution in [0.2, 0.25) is 0 Å². The molecule has 0 saturated carbocycles. The van der Waals surface area contributed by atoms with Gasteiger partial charge in [-0.05, 0) is 68.7 Å². The van der Waals surface area contributed by atoms with E-state index in [1.807, 2.05) is 25.2 Å². The van der Waals surface area contributed by atoms with Gasteiger partial charge in [0.05, 0.1) is 11.3 Å². The molecule has 1 aromatic rings. The summed E-state index contributed by atoms with van der Waals surface area (Å²) in [6.07, 6.45) is 15.3. The van der Waals surface area contributed by atoms with Crippen molar-refractivity contribution in [1.82, 2.24) is 0 Å². The molecule has 1 aliphatic rings. The van der Waals surface area contributed by atoms with Gasteiger partial charge in [0, 0.05) is 6.08 Å². The van der Waals surface area contributed by atoms with Crippen molar-refractivity contribution < 1.29 is 14.7 Å². The second kappa shape index (κ2) is 10.8. The van der Waals surface area contributed by atoms with Crippen LogP contribution in [-0.4, -0.2) is 17.0 Å². The molecular weight excluding hydrogens is 386 g/mol. The van der Waals surface area contributed by atoms with Gasteiger partial charge in [-0.3, -0.25) is 4.79 Å². The minimum Gasteiger partial charge on any atom is -0.478 e. The highest BCUT2D eigenvalue weighted by Gasteiger charge is 2.26. The molecule has 0 aromatic heterocycles. The maximum atomic E-state index is 12.2. The summed E-state index contributed by atoms with van der Waals surface area (Å²) in [5.74, 6) is -1.44. The smallest absolute Gasteiger partial charge is 0.337 e. The molecule has 1 amide bonds. The van der Waals surface area contributed by atoms with Crippen LogP contribution in [0, 0.1) is 5.41 Å². The molecule has 0 aliphatic heterocycles. The molecule has 0 saturated heterocycles. The summed E-state index contributed by atoms with van der Waals surface area (Å²) in [6.45, 7) is 10.7. The fourth-order valence-electron chi connectivity index (χ4n) is 3.83. The van der Waals surface area contributed by atoms with Crippen LogP contribution in [0.3, 0.4) is 0 Å². The molecule has 2 rings (SSSR count). The van der Waals surface area contributed by atoms with Crippen molar-refractivity contribution in [2.45, 2.75) is 53.9 Å². The second-order valence-electron chi connectivity index (χ2n) is 8.76. The van der Waals surface area contributed by atoms with Gasteiger partial charge in [-0.15, -0.1) is 0 Å². The number of carboxylic acid groups (broad SMARTS) is 1. The number of anilines is 1. The summed E-state index contributed by atoms with van der Waals surface area (Å²) in [7, 11) is 0. The number of amides is 1. The molecule has 1 aromatic carbocycles. The third kappa shape index (κ3) is 7.25. The molecule has 0 spiro atoms. The highest BCUT2D eigenvalue weighted by atomic mass is 16.4. The Morgan fingerprint density at radius 3 is 2.48 bits per heavy atom. The van der Waals surface area contributed by atoms with E-state index in [2.05, 4.69) is 45.2 Å². The molecule has 4 nitrogen and oxygen atoms in total. The maximum Gasteiger partial charge on any atom is 0.337 e. The molecule has 0 fully saturated rings. The van der Waals surface area contributed by atoms with E-state index < -0.39 is 5.97 Å². The quantitative estimate of drug-likeness (QED) is 0.375. The first-order valence-corrected chi connectivity index (χ1v) is 10.6. The highest BCUT2D eigenvalue weighted by molar-refractivity contribution is 6.04. The summed E-state index contributed by atoms with van der Waals surface area (Å²) in [5, 5.41) is 11.8. The van der Waals surface area contributed by atoms with Crippen molar-refractivity contribution in [3.63, 3.8) is 0 Å². The first-order chi connectivity index (χ1) is 14.6. The number of carbonyl (C=O) groups is 2. The number of benzene rings is 1. The zero-order valence-corrected chi connectivity index (χ0v) is 19.2. The van der Waals surface area contributed by atoms with Gasteiger partial charge in [0.15, 0.2) is 0 Å². The number of carbonyl (C=O) groups excluding carboxylic acids is 1. The van der Waals surface area contributed by atoms with Gasteiger partial charge >= 0.3 is 5.97 Å². The Bertz CT molecular complexity index is 987. The zero-order chi connectivity index (χ0) is 23.0. The molecule has 2 N–H and O–H groups in total. The van der Waals surface area contributed by atoms with Gasteiger partial charge in [-0.1, -0.05) is 67.5 Å². The minimum absolute atomic E-state index is 0.0642. The van der Waals surface area contributed by atoms with Crippen LogP contribution in [-0.2, 0) is 4.79 Å². The number of allylic oxidation sites excluding steroid dienone is 9. The summed E-state index contributed by atoms with van der Waals surface area (Å²) in [4.78, 5) is 23.5. The van der Waals surface area contributed by atoms with E-state index in [0.717, 1.165) is 11.1 Å². The van der Waals surface area contributed by atoms with Gasteiger partial charge in [0.2, 0.25) is 5.91 Å². The first-order valence-electron chi connectivity index (χ1n) is 10.6. The number of para-hydroxylation sites is 1. The Labute approximate surface area is 185 Å². The van der Waals surface area contributed by atoms with E-state index in [1.54, 1.807) is 18.2 Å². The van der Waals surface area contributed by atoms with Crippen LogP contribution in [0.25, 0.3) is 0 Å². The number of hydrogen-bond donors (Lipinski definition) is 2. The molecule has 0 unspecified atom stereocenters. The van der Waals surface area contributed by atoms with Crippen LogP contribution in [0.15, 0.2) is 83.0 Å². The lowest BCUT2D eigenvalue weighted by atomic mass is 9.72. The Morgan fingerprint density at radius 2 is 1.81 bits per heavy atom. The monoisotopic (exact) mass is 419 g/mol. The molecule has 164 valence electrons. The SMILES string of the molecule is CC1=C(/C=C/C(C)=C/C=C/C(C)=C/C(=O)Nc2ccccc2C(=O)O)C(C)(C)CCC1. The lowest BCUT2D eigenvalue weighted by Crippen LogP contribution is -2.19. The van der Waals surface area contributed by atoms with Crippen molar-refractivity contribution >= 4 is 17.6 Å². The second-order valence-corrected chi connectivity index (χ2v) is 8.76. The summed E-state index contributed by atoms with van der Waals surface area (Å²) >= 11 is 0. The van der Waals surface area contributed by atoms with Crippen LogP contribution >= 0.6 is 0 Å². The van der Waals surface area contributed by atoms with Crippen molar-refractivity contribution in [3.05, 3.63) is 88.6 Å². The van der Waals surface area contributed by atoms with Crippen molar-refractivity contribution in [1.29, 1.82) is 0 Å². The van der Waals surface area contributed by atoms with Crippen molar-refractivity contribution in [2.75, 3.05) is 5.32 Å². The third-order valence-electron chi connectivity index (χ3n) is 5.55. The number of aromatic carboxylic acids is 1. The number of hydrogen-bond acceptors (Lipinski definition) is 2. The number of nitrogens with one attached hydrogen (secondary N) is 1. The molecule has 0 heterocycles. The van der Waals surface area contributed by atoms with E-state index in [1.165, 1.54) is 42.6 Å². The third-order valence-corrected chi connectivity index (χ3v) is 5.55. The predicted octanol–water partition coefficient (Wildman–Crippen LogP) is 6.85. The van der Waals surface area contributed by atoms with Crippen LogP contribution in [0.4, 0.5) is 5.69 Å². The lowest BCUT2D eigenvalue weighted by Gasteiger charge is -2.32. The molecular formula is C27H33NO3. The van der Waals surface area contributed by atoms with Gasteiger partial charge < -0.3 is 10.4 Å². The largest absolute Gasteiger partial charge is 0.478 e. The molecule has 4 heteroatoms. The molecule has 0 bridgehead atoms. The van der Waals surface area contributed by atoms with Gasteiger partial charge in [0.1, 0.15) is 0 Å². The number of carboxylic acids is 1. The fourth-order valence-corrected chi connectivity index (χ4v) is 3.83. The molecule has 0 atom stereocenters. The van der Waals surface area contributed by atoms with E-state index in [4.69, 9.17) is 0 Å². The molecule has 0 radical (unpaired) electrons. The summed E-state index contributed by atoms with van der Waals surface area (Å²) in [5.41, 5.74) is 5.38. The van der Waals surface area contributed by atoms with E-state index >= 15 is 0 Å². The standard InChI is InChI=1S/C27H33NO3/c1-19(15-16-23-21(3)12-9-17-27(23,4)5)10-8-11-20(2)18-25(29)28-24-14-7-6-13-22(24)26(30)31/h6-8,10-11,13-16,18H,9,12,17H2,1-5H3,(H,28,29)(H,30,31)/b11-8+,16-15+,19-10+,20-18+. The Hall–Kier alpha value is -3.14. The summed E-state index contributed by atoms with van der Waals surface area (Å²) in [6, 6.07) is 6.34. The number of rotatable bonds is 7. The first kappa shape index (κ1) is 24.1. The van der Waals surface area contributed by atoms with E-state index in [9.17, 15) is 14.7 Å². The van der Waals surface area contributed by atoms with Crippen LogP contribution in [0.1, 0.15) is 64.2 Å². The van der Waals surface area contributed by atoms with E-state index in [0.29, 0.717) is 0 Å². The van der Waals surface area contributed by atoms with Gasteiger partial charge in [-0.2, -0.15) is 0 Å². The fraction of sp³-hybridized carbons (Fsp3) is 0.333. The van der Waals surface area contributed by atoms with Crippen molar-refractivity contribution in [2.24, 2.45) is 5.41 Å². The van der Waals surface area contributed by atoms with Crippen molar-refractivity contribution in [3.8, 4) is 0 Å². The Kier molecular flexibility index (Phi) is 8.38. The lowest BCUT2D eigenvalue weighted by molar-refractivity contribution is -0.111.